The van der Waals surface area contributed by atoms with Gasteiger partial charge in [-0.3, -0.25) is 9.59 Å². The maximum absolute atomic E-state index is 12.8. The van der Waals surface area contributed by atoms with Crippen molar-refractivity contribution in [1.82, 2.24) is 0 Å². The average Bonchev–Trinajstić information content (AvgIpc) is 2.61. The summed E-state index contributed by atoms with van der Waals surface area (Å²) in [6.07, 6.45) is 2.26. The lowest BCUT2D eigenvalue weighted by molar-refractivity contribution is -0.167. The molecule has 6 heteroatoms. The van der Waals surface area contributed by atoms with E-state index < -0.39 is 28.9 Å². The van der Waals surface area contributed by atoms with Crippen molar-refractivity contribution in [3.05, 3.63) is 35.4 Å². The number of carboxylic acid groups (broad SMARTS) is 1. The number of hydrogen-bond donors (Lipinski definition) is 2. The SMILES string of the molecule is CCCc1ccc([C@H](C)C[C@@](N)(C(=O)OC(=O)CCCC(=O)O)C(C)(C)C)cc1. The highest BCUT2D eigenvalue weighted by Gasteiger charge is 2.48. The third-order valence-electron chi connectivity index (χ3n) is 5.40. The number of carbonyl (C=O) groups is 3. The molecule has 0 radical (unpaired) electrons. The summed E-state index contributed by atoms with van der Waals surface area (Å²) in [4.78, 5) is 35.4. The van der Waals surface area contributed by atoms with Crippen molar-refractivity contribution in [1.29, 1.82) is 0 Å². The Labute approximate surface area is 173 Å². The summed E-state index contributed by atoms with van der Waals surface area (Å²) in [5.41, 5.74) is 6.88. The molecule has 0 aliphatic heterocycles. The van der Waals surface area contributed by atoms with Crippen molar-refractivity contribution in [3.63, 3.8) is 0 Å². The number of hydrogen-bond acceptors (Lipinski definition) is 5. The van der Waals surface area contributed by atoms with Gasteiger partial charge in [0.25, 0.3) is 0 Å². The average molecular weight is 406 g/mol. The van der Waals surface area contributed by atoms with Gasteiger partial charge >= 0.3 is 17.9 Å². The molecule has 0 aromatic heterocycles. The van der Waals surface area contributed by atoms with Crippen molar-refractivity contribution in [2.45, 2.75) is 84.6 Å². The van der Waals surface area contributed by atoms with Gasteiger partial charge < -0.3 is 15.6 Å². The Balaban J connectivity index is 2.89. The molecule has 1 aromatic carbocycles. The number of aryl methyl sites for hydroxylation is 1. The zero-order valence-corrected chi connectivity index (χ0v) is 18.3. The van der Waals surface area contributed by atoms with Crippen molar-refractivity contribution < 1.29 is 24.2 Å². The summed E-state index contributed by atoms with van der Waals surface area (Å²) in [7, 11) is 0. The molecule has 3 N–H and O–H groups in total. The Kier molecular flexibility index (Phi) is 9.02. The molecular formula is C23H35NO5. The van der Waals surface area contributed by atoms with E-state index in [2.05, 4.69) is 31.2 Å². The Morgan fingerprint density at radius 2 is 1.69 bits per heavy atom. The van der Waals surface area contributed by atoms with Gasteiger partial charge in [-0.2, -0.15) is 0 Å². The molecule has 0 saturated heterocycles. The summed E-state index contributed by atoms with van der Waals surface area (Å²) in [5.74, 6) is -2.51. The minimum absolute atomic E-state index is 0.00966. The predicted octanol–water partition coefficient (Wildman–Crippen LogP) is 4.20. The Morgan fingerprint density at radius 1 is 1.10 bits per heavy atom. The summed E-state index contributed by atoms with van der Waals surface area (Å²) in [5, 5.41) is 8.66. The third-order valence-corrected chi connectivity index (χ3v) is 5.40. The number of ether oxygens (including phenoxy) is 1. The third kappa shape index (κ3) is 7.28. The molecule has 0 fully saturated rings. The fourth-order valence-electron chi connectivity index (χ4n) is 3.23. The molecule has 162 valence electrons. The highest BCUT2D eigenvalue weighted by Crippen LogP contribution is 2.37. The van der Waals surface area contributed by atoms with E-state index in [4.69, 9.17) is 15.6 Å². The second kappa shape index (κ2) is 10.5. The molecule has 0 saturated carbocycles. The topological polar surface area (TPSA) is 107 Å². The molecule has 0 bridgehead atoms. The van der Waals surface area contributed by atoms with Crippen molar-refractivity contribution >= 4 is 17.9 Å². The fraction of sp³-hybridized carbons (Fsp3) is 0.609. The summed E-state index contributed by atoms with van der Waals surface area (Å²) < 4.78 is 5.02. The number of carboxylic acids is 1. The van der Waals surface area contributed by atoms with E-state index in [1.807, 2.05) is 27.7 Å². The van der Waals surface area contributed by atoms with Crippen LogP contribution in [0, 0.1) is 5.41 Å². The number of nitrogens with two attached hydrogens (primary N) is 1. The van der Waals surface area contributed by atoms with Crippen LogP contribution in [0.5, 0.6) is 0 Å². The molecule has 1 aromatic rings. The van der Waals surface area contributed by atoms with Crippen molar-refractivity contribution in [3.8, 4) is 0 Å². The van der Waals surface area contributed by atoms with Crippen LogP contribution in [0.3, 0.4) is 0 Å². The van der Waals surface area contributed by atoms with Gasteiger partial charge in [-0.15, -0.1) is 0 Å². The van der Waals surface area contributed by atoms with Gasteiger partial charge in [0.1, 0.15) is 5.54 Å². The van der Waals surface area contributed by atoms with Crippen LogP contribution < -0.4 is 5.73 Å². The summed E-state index contributed by atoms with van der Waals surface area (Å²) in [6.45, 7) is 9.68. The van der Waals surface area contributed by atoms with E-state index >= 15 is 0 Å². The van der Waals surface area contributed by atoms with Crippen LogP contribution in [-0.2, 0) is 25.5 Å². The number of esters is 2. The van der Waals surface area contributed by atoms with Crippen LogP contribution in [0.1, 0.15) is 83.8 Å². The molecule has 0 aliphatic carbocycles. The highest BCUT2D eigenvalue weighted by molar-refractivity contribution is 5.91. The lowest BCUT2D eigenvalue weighted by atomic mass is 9.69. The van der Waals surface area contributed by atoms with E-state index in [1.54, 1.807) is 0 Å². The Hall–Kier alpha value is -2.21. The van der Waals surface area contributed by atoms with Gasteiger partial charge in [-0.1, -0.05) is 65.3 Å². The number of carbonyl (C=O) groups excluding carboxylic acids is 2. The maximum atomic E-state index is 12.8. The first-order valence-electron chi connectivity index (χ1n) is 10.2. The van der Waals surface area contributed by atoms with Crippen LogP contribution >= 0.6 is 0 Å². The van der Waals surface area contributed by atoms with Crippen LogP contribution in [0.25, 0.3) is 0 Å². The van der Waals surface area contributed by atoms with Crippen LogP contribution in [-0.4, -0.2) is 28.6 Å². The van der Waals surface area contributed by atoms with Crippen molar-refractivity contribution in [2.75, 3.05) is 0 Å². The smallest absolute Gasteiger partial charge is 0.334 e. The Morgan fingerprint density at radius 3 is 2.17 bits per heavy atom. The van der Waals surface area contributed by atoms with Crippen LogP contribution in [0.2, 0.25) is 0 Å². The minimum Gasteiger partial charge on any atom is -0.481 e. The molecule has 2 atom stereocenters. The van der Waals surface area contributed by atoms with Gasteiger partial charge in [0.2, 0.25) is 0 Å². The van der Waals surface area contributed by atoms with Gasteiger partial charge in [-0.05, 0) is 41.7 Å². The van der Waals surface area contributed by atoms with Crippen LogP contribution in [0.4, 0.5) is 0 Å². The molecule has 0 aliphatic rings. The fourth-order valence-corrected chi connectivity index (χ4v) is 3.23. The molecule has 29 heavy (non-hydrogen) atoms. The predicted molar refractivity (Wildman–Crippen MR) is 112 cm³/mol. The molecule has 0 spiro atoms. The quantitative estimate of drug-likeness (QED) is 0.446. The van der Waals surface area contributed by atoms with E-state index in [1.165, 1.54) is 5.56 Å². The number of benzene rings is 1. The maximum Gasteiger partial charge on any atom is 0.334 e. The first kappa shape index (κ1) is 24.8. The zero-order chi connectivity index (χ0) is 22.2. The van der Waals surface area contributed by atoms with Crippen molar-refractivity contribution in [2.24, 2.45) is 11.1 Å². The molecular weight excluding hydrogens is 370 g/mol. The second-order valence-corrected chi connectivity index (χ2v) is 8.83. The first-order valence-corrected chi connectivity index (χ1v) is 10.2. The second-order valence-electron chi connectivity index (χ2n) is 8.83. The number of rotatable bonds is 10. The van der Waals surface area contributed by atoms with Gasteiger partial charge in [0.15, 0.2) is 0 Å². The van der Waals surface area contributed by atoms with Gasteiger partial charge in [0, 0.05) is 12.8 Å². The van der Waals surface area contributed by atoms with Gasteiger partial charge in [0.05, 0.1) is 0 Å². The lowest BCUT2D eigenvalue weighted by Crippen LogP contribution is -2.59. The minimum atomic E-state index is -1.36. The first-order chi connectivity index (χ1) is 13.4. The molecule has 1 rings (SSSR count). The molecule has 0 heterocycles. The summed E-state index contributed by atoms with van der Waals surface area (Å²) in [6, 6.07) is 8.30. The zero-order valence-electron chi connectivity index (χ0n) is 18.3. The molecule has 0 unspecified atom stereocenters. The van der Waals surface area contributed by atoms with E-state index in [0.717, 1.165) is 18.4 Å². The largest absolute Gasteiger partial charge is 0.481 e. The normalized spacial score (nSPS) is 14.7. The number of aliphatic carboxylic acids is 1. The monoisotopic (exact) mass is 405 g/mol. The molecule has 6 nitrogen and oxygen atoms in total. The van der Waals surface area contributed by atoms with E-state index in [0.29, 0.717) is 6.42 Å². The Bertz CT molecular complexity index is 705. The lowest BCUT2D eigenvalue weighted by Gasteiger charge is -2.40. The van der Waals surface area contributed by atoms with Gasteiger partial charge in [-0.25, -0.2) is 4.79 Å². The van der Waals surface area contributed by atoms with E-state index in [9.17, 15) is 14.4 Å². The van der Waals surface area contributed by atoms with E-state index in [-0.39, 0.29) is 25.2 Å². The standard InChI is InChI=1S/C23H35NO5/c1-6-8-17-11-13-18(14-12-17)16(2)15-23(24,22(3,4)5)21(28)29-20(27)10-7-9-19(25)26/h11-14,16H,6-10,15,24H2,1-5H3,(H,25,26)/t16-,23-/m1/s1. The summed E-state index contributed by atoms with van der Waals surface area (Å²) >= 11 is 0. The van der Waals surface area contributed by atoms with Crippen LogP contribution in [0.15, 0.2) is 24.3 Å². The molecule has 0 amide bonds. The highest BCUT2D eigenvalue weighted by atomic mass is 16.6.